The SMILES string of the molecule is CCOC(=O)c1cn(N(C)CC(CC(C(=O)OC(C)(C)C)C(=O)OC(C)(C)C)(C(=O)OC(C)(C)C)C(=O)OC(C)(C)C)c2c(F)c(F)c(F)cc2c1=O. The molecule has 0 radical (unpaired) electrons. The summed E-state index contributed by atoms with van der Waals surface area (Å²) in [7, 11) is 1.15. The van der Waals surface area contributed by atoms with E-state index in [9.17, 15) is 37.5 Å². The van der Waals surface area contributed by atoms with E-state index in [1.165, 1.54) is 90.0 Å². The second kappa shape index (κ2) is 15.8. The Labute approximate surface area is 307 Å². The number of hydrogen-bond donors (Lipinski definition) is 0. The largest absolute Gasteiger partial charge is 0.462 e. The Bertz CT molecular complexity index is 1750. The van der Waals surface area contributed by atoms with E-state index in [4.69, 9.17) is 23.7 Å². The second-order valence-corrected chi connectivity index (χ2v) is 16.5. The van der Waals surface area contributed by atoms with Gasteiger partial charge in [-0.1, -0.05) is 0 Å². The number of fused-ring (bicyclic) bond motifs is 1. The van der Waals surface area contributed by atoms with E-state index in [0.717, 1.165) is 18.3 Å². The van der Waals surface area contributed by atoms with E-state index in [0.29, 0.717) is 10.7 Å². The summed E-state index contributed by atoms with van der Waals surface area (Å²) in [5.74, 6) is -13.7. The van der Waals surface area contributed by atoms with Crippen LogP contribution >= 0.6 is 0 Å². The lowest BCUT2D eigenvalue weighted by molar-refractivity contribution is -0.189. The Balaban J connectivity index is 3.13. The molecule has 0 spiro atoms. The van der Waals surface area contributed by atoms with E-state index >= 15 is 4.39 Å². The highest BCUT2D eigenvalue weighted by Crippen LogP contribution is 2.37. The minimum Gasteiger partial charge on any atom is -0.462 e. The third-order valence-corrected chi connectivity index (χ3v) is 6.98. The summed E-state index contributed by atoms with van der Waals surface area (Å²) in [6.07, 6.45) is -0.240. The van der Waals surface area contributed by atoms with Gasteiger partial charge in [-0.05, 0) is 102 Å². The maximum Gasteiger partial charge on any atom is 0.343 e. The fourth-order valence-electron chi connectivity index (χ4n) is 5.02. The van der Waals surface area contributed by atoms with Crippen molar-refractivity contribution in [2.45, 2.75) is 119 Å². The van der Waals surface area contributed by atoms with Crippen molar-refractivity contribution >= 4 is 40.7 Å². The molecule has 16 heteroatoms. The van der Waals surface area contributed by atoms with Gasteiger partial charge in [0.25, 0.3) is 0 Å². The Morgan fingerprint density at radius 2 is 1.17 bits per heavy atom. The zero-order valence-electron chi connectivity index (χ0n) is 32.9. The summed E-state index contributed by atoms with van der Waals surface area (Å²) in [5, 5.41) is 0.124. The Morgan fingerprint density at radius 1 is 0.736 bits per heavy atom. The van der Waals surface area contributed by atoms with Gasteiger partial charge in [0.1, 0.15) is 33.5 Å². The van der Waals surface area contributed by atoms with E-state index < -0.39 is 116 Å². The van der Waals surface area contributed by atoms with Crippen molar-refractivity contribution in [2.75, 3.05) is 25.2 Å². The van der Waals surface area contributed by atoms with Gasteiger partial charge in [-0.15, -0.1) is 0 Å². The number of benzene rings is 1. The Morgan fingerprint density at radius 3 is 1.57 bits per heavy atom. The third kappa shape index (κ3) is 11.4. The maximum absolute atomic E-state index is 15.6. The molecule has 2 aromatic rings. The summed E-state index contributed by atoms with van der Waals surface area (Å²) < 4.78 is 73.1. The van der Waals surface area contributed by atoms with Crippen LogP contribution in [-0.2, 0) is 42.9 Å². The van der Waals surface area contributed by atoms with Crippen molar-refractivity contribution in [3.8, 4) is 0 Å². The summed E-state index contributed by atoms with van der Waals surface area (Å²) in [5.41, 5.74) is -10.4. The summed E-state index contributed by atoms with van der Waals surface area (Å²) in [6.45, 7) is 18.4. The monoisotopic (exact) mass is 756 g/mol. The molecule has 0 fully saturated rings. The van der Waals surface area contributed by atoms with Gasteiger partial charge in [-0.3, -0.25) is 28.6 Å². The molecule has 1 aromatic carbocycles. The number of halogens is 3. The van der Waals surface area contributed by atoms with Gasteiger partial charge < -0.3 is 28.7 Å². The lowest BCUT2D eigenvalue weighted by Crippen LogP contribution is -2.56. The van der Waals surface area contributed by atoms with Crippen LogP contribution in [0.15, 0.2) is 17.1 Å². The van der Waals surface area contributed by atoms with E-state index in [1.54, 1.807) is 0 Å². The first-order valence-corrected chi connectivity index (χ1v) is 16.9. The molecule has 296 valence electrons. The van der Waals surface area contributed by atoms with Crippen LogP contribution in [0, 0.1) is 28.8 Å². The van der Waals surface area contributed by atoms with Gasteiger partial charge in [-0.2, -0.15) is 0 Å². The summed E-state index contributed by atoms with van der Waals surface area (Å²) in [4.78, 5) is 82.8. The van der Waals surface area contributed by atoms with Crippen LogP contribution in [-0.4, -0.2) is 77.1 Å². The highest BCUT2D eigenvalue weighted by molar-refractivity contribution is 6.04. The number of nitrogens with zero attached hydrogens (tertiary/aromatic N) is 2. The van der Waals surface area contributed by atoms with Crippen LogP contribution < -0.4 is 10.4 Å². The molecule has 0 aliphatic carbocycles. The van der Waals surface area contributed by atoms with Gasteiger partial charge in [0, 0.05) is 13.2 Å². The third-order valence-electron chi connectivity index (χ3n) is 6.98. The Hall–Kier alpha value is -4.63. The molecule has 0 N–H and O–H groups in total. The van der Waals surface area contributed by atoms with E-state index in [1.807, 2.05) is 0 Å². The number of carbonyl (C=O) groups is 5. The first-order valence-electron chi connectivity index (χ1n) is 16.9. The number of pyridine rings is 1. The minimum absolute atomic E-state index is 0.199. The van der Waals surface area contributed by atoms with Crippen molar-refractivity contribution in [1.82, 2.24) is 4.68 Å². The summed E-state index contributed by atoms with van der Waals surface area (Å²) in [6, 6.07) is 0.388. The zero-order valence-corrected chi connectivity index (χ0v) is 32.9. The average Bonchev–Trinajstić information content (AvgIpc) is 2.94. The molecule has 0 unspecified atom stereocenters. The maximum atomic E-state index is 15.6. The number of aromatic nitrogens is 1. The van der Waals surface area contributed by atoms with Gasteiger partial charge >= 0.3 is 29.8 Å². The fraction of sp³-hybridized carbons (Fsp3) is 0.622. The first kappa shape index (κ1) is 44.5. The van der Waals surface area contributed by atoms with Gasteiger partial charge in [0.15, 0.2) is 28.8 Å². The molecule has 1 aromatic heterocycles. The molecule has 0 atom stereocenters. The van der Waals surface area contributed by atoms with Crippen LogP contribution in [0.3, 0.4) is 0 Å². The van der Waals surface area contributed by atoms with Gasteiger partial charge in [0.2, 0.25) is 5.43 Å². The Kier molecular flexibility index (Phi) is 13.2. The molecular weight excluding hydrogens is 705 g/mol. The highest BCUT2D eigenvalue weighted by Gasteiger charge is 2.56. The van der Waals surface area contributed by atoms with Gasteiger partial charge in [-0.25, -0.2) is 18.0 Å². The number of hydrogen-bond acceptors (Lipinski definition) is 12. The first-order chi connectivity index (χ1) is 23.8. The van der Waals surface area contributed by atoms with Crippen LogP contribution in [0.5, 0.6) is 0 Å². The molecule has 0 amide bonds. The standard InChI is InChI=1S/C37H51F3N2O11/c1-15-49-28(44)22-18-42(26-20(27(22)43)16-23(38)24(39)25(26)40)41(14)19-37(31(47)52-35(8,9)10,32(48)53-36(11,12)13)17-21(29(45)50-33(2,3)4)30(46)51-34(5,6)7/h16,18,21H,15,17,19H2,1-14H3. The number of carbonyl (C=O) groups excluding carboxylic acids is 5. The lowest BCUT2D eigenvalue weighted by atomic mass is 9.77. The number of ether oxygens (including phenoxy) is 5. The predicted molar refractivity (Wildman–Crippen MR) is 187 cm³/mol. The lowest BCUT2D eigenvalue weighted by Gasteiger charge is -2.39. The molecule has 0 saturated heterocycles. The molecule has 13 nitrogen and oxygen atoms in total. The number of rotatable bonds is 11. The molecule has 0 saturated carbocycles. The molecule has 0 aliphatic rings. The van der Waals surface area contributed by atoms with Crippen molar-refractivity contribution in [1.29, 1.82) is 0 Å². The quantitative estimate of drug-likeness (QED) is 0.123. The molecule has 53 heavy (non-hydrogen) atoms. The molecular formula is C37H51F3N2O11. The van der Waals surface area contributed by atoms with Crippen molar-refractivity contribution in [3.05, 3.63) is 45.5 Å². The molecule has 1 heterocycles. The van der Waals surface area contributed by atoms with E-state index in [-0.39, 0.29) is 6.61 Å². The van der Waals surface area contributed by atoms with Crippen LogP contribution in [0.25, 0.3) is 10.9 Å². The van der Waals surface area contributed by atoms with Crippen molar-refractivity contribution in [3.63, 3.8) is 0 Å². The van der Waals surface area contributed by atoms with Crippen LogP contribution in [0.2, 0.25) is 0 Å². The topological polar surface area (TPSA) is 157 Å². The van der Waals surface area contributed by atoms with Crippen LogP contribution in [0.1, 0.15) is 107 Å². The minimum atomic E-state index is -2.69. The van der Waals surface area contributed by atoms with Crippen LogP contribution in [0.4, 0.5) is 13.2 Å². The smallest absolute Gasteiger partial charge is 0.343 e. The van der Waals surface area contributed by atoms with Crippen molar-refractivity contribution in [2.24, 2.45) is 11.3 Å². The average molecular weight is 757 g/mol. The molecule has 0 bridgehead atoms. The van der Waals surface area contributed by atoms with Gasteiger partial charge in [0.05, 0.1) is 18.5 Å². The zero-order chi connectivity index (χ0) is 41.2. The molecule has 0 aliphatic heterocycles. The number of esters is 5. The normalized spacial score (nSPS) is 12.7. The second-order valence-electron chi connectivity index (χ2n) is 16.5. The van der Waals surface area contributed by atoms with Crippen molar-refractivity contribution < 1.29 is 60.8 Å². The summed E-state index contributed by atoms with van der Waals surface area (Å²) >= 11 is 0. The fourth-order valence-corrected chi connectivity index (χ4v) is 5.02. The molecule has 2 rings (SSSR count). The van der Waals surface area contributed by atoms with E-state index in [2.05, 4.69) is 0 Å². The predicted octanol–water partition coefficient (Wildman–Crippen LogP) is 5.52. The highest BCUT2D eigenvalue weighted by atomic mass is 19.2.